The Hall–Kier alpha value is -5.10. The highest BCUT2D eigenvalue weighted by Crippen LogP contribution is 2.39. The Bertz CT molecular complexity index is 1680. The predicted octanol–water partition coefficient (Wildman–Crippen LogP) is 8.56. The van der Waals surface area contributed by atoms with Gasteiger partial charge in [0.2, 0.25) is 0 Å². The van der Waals surface area contributed by atoms with Crippen LogP contribution in [0, 0.1) is 0 Å². The number of nitrogens with zero attached hydrogens (tertiary/aromatic N) is 1. The van der Waals surface area contributed by atoms with Crippen molar-refractivity contribution < 1.29 is 14.2 Å². The molecular weight excluding hydrogens is 486 g/mol. The van der Waals surface area contributed by atoms with Gasteiger partial charge < -0.3 is 29.4 Å². The maximum absolute atomic E-state index is 5.40. The fourth-order valence-corrected chi connectivity index (χ4v) is 4.85. The van der Waals surface area contributed by atoms with Crippen molar-refractivity contribution in [2.75, 3.05) is 31.5 Å². The van der Waals surface area contributed by atoms with E-state index in [1.54, 1.807) is 21.3 Å². The zero-order valence-corrected chi connectivity index (χ0v) is 22.1. The predicted molar refractivity (Wildman–Crippen MR) is 160 cm³/mol. The fraction of sp³-hybridized carbons (Fsp3) is 0.0909. The maximum Gasteiger partial charge on any atom is 0.119 e. The van der Waals surface area contributed by atoms with Gasteiger partial charge >= 0.3 is 0 Å². The molecule has 6 aromatic rings. The Kier molecular flexibility index (Phi) is 6.43. The molecule has 1 heterocycles. The van der Waals surface area contributed by atoms with Gasteiger partial charge in [-0.1, -0.05) is 0 Å². The molecule has 0 aliphatic carbocycles. The van der Waals surface area contributed by atoms with Gasteiger partial charge in [-0.25, -0.2) is 0 Å². The lowest BCUT2D eigenvalue weighted by molar-refractivity contribution is 0.414. The minimum atomic E-state index is 0.817. The Morgan fingerprint density at radius 2 is 0.923 bits per heavy atom. The van der Waals surface area contributed by atoms with Crippen molar-refractivity contribution in [1.29, 1.82) is 0 Å². The Morgan fingerprint density at radius 1 is 0.487 bits per heavy atom. The molecule has 0 bridgehead atoms. The van der Waals surface area contributed by atoms with E-state index in [1.165, 1.54) is 0 Å². The number of H-pyrrole nitrogens is 1. The van der Waals surface area contributed by atoms with Crippen LogP contribution >= 0.6 is 0 Å². The summed E-state index contributed by atoms with van der Waals surface area (Å²) in [5.41, 5.74) is 7.29. The van der Waals surface area contributed by atoms with Crippen molar-refractivity contribution in [1.82, 2.24) is 4.98 Å². The lowest BCUT2D eigenvalue weighted by Gasteiger charge is -2.26. The molecule has 0 fully saturated rings. The van der Waals surface area contributed by atoms with Gasteiger partial charge in [0, 0.05) is 50.2 Å². The van der Waals surface area contributed by atoms with Crippen LogP contribution in [0.2, 0.25) is 0 Å². The van der Waals surface area contributed by atoms with E-state index in [4.69, 9.17) is 14.2 Å². The van der Waals surface area contributed by atoms with Crippen molar-refractivity contribution in [2.45, 2.75) is 0 Å². The topological polar surface area (TPSA) is 58.8 Å². The molecule has 6 heteroatoms. The third-order valence-electron chi connectivity index (χ3n) is 6.88. The Morgan fingerprint density at radius 3 is 1.46 bits per heavy atom. The zero-order chi connectivity index (χ0) is 26.8. The quantitative estimate of drug-likeness (QED) is 0.213. The number of rotatable bonds is 8. The van der Waals surface area contributed by atoms with Crippen LogP contribution in [0.15, 0.2) is 109 Å². The summed E-state index contributed by atoms with van der Waals surface area (Å²) in [4.78, 5) is 5.80. The molecule has 39 heavy (non-hydrogen) atoms. The SMILES string of the molecule is COc1ccc(Nc2ccc3[nH]c4ccc(N(c5ccc(OC)cc5)c5ccc(OC)cc5)cc4c3c2)cc1. The number of aromatic nitrogens is 1. The molecule has 6 nitrogen and oxygen atoms in total. The lowest BCUT2D eigenvalue weighted by Crippen LogP contribution is -2.09. The van der Waals surface area contributed by atoms with Crippen molar-refractivity contribution in [2.24, 2.45) is 0 Å². The molecule has 2 N–H and O–H groups in total. The van der Waals surface area contributed by atoms with Crippen LogP contribution < -0.4 is 24.4 Å². The van der Waals surface area contributed by atoms with E-state index in [0.717, 1.165) is 67.5 Å². The van der Waals surface area contributed by atoms with E-state index < -0.39 is 0 Å². The Labute approximate surface area is 227 Å². The van der Waals surface area contributed by atoms with Gasteiger partial charge in [0.25, 0.3) is 0 Å². The first-order chi connectivity index (χ1) is 19.1. The van der Waals surface area contributed by atoms with Crippen LogP contribution in [-0.2, 0) is 0 Å². The average molecular weight is 516 g/mol. The highest BCUT2D eigenvalue weighted by molar-refractivity contribution is 6.09. The molecule has 0 spiro atoms. The third-order valence-corrected chi connectivity index (χ3v) is 6.88. The second kappa shape index (κ2) is 10.3. The molecular formula is C33H29N3O3. The number of anilines is 5. The van der Waals surface area contributed by atoms with E-state index in [1.807, 2.05) is 48.5 Å². The molecule has 0 radical (unpaired) electrons. The molecule has 5 aromatic carbocycles. The third kappa shape index (κ3) is 4.80. The molecule has 0 aliphatic rings. The van der Waals surface area contributed by atoms with Gasteiger partial charge in [-0.05, 0) is 109 Å². The lowest BCUT2D eigenvalue weighted by atomic mass is 10.1. The number of nitrogens with one attached hydrogen (secondary N) is 2. The molecule has 194 valence electrons. The number of hydrogen-bond donors (Lipinski definition) is 2. The van der Waals surface area contributed by atoms with Crippen molar-refractivity contribution >= 4 is 50.2 Å². The van der Waals surface area contributed by atoms with Gasteiger partial charge in [-0.3, -0.25) is 0 Å². The average Bonchev–Trinajstić information content (AvgIpc) is 3.36. The van der Waals surface area contributed by atoms with Crippen LogP contribution in [0.3, 0.4) is 0 Å². The van der Waals surface area contributed by atoms with E-state index in [-0.39, 0.29) is 0 Å². The van der Waals surface area contributed by atoms with E-state index in [2.05, 4.69) is 75.9 Å². The number of hydrogen-bond acceptors (Lipinski definition) is 5. The van der Waals surface area contributed by atoms with E-state index in [0.29, 0.717) is 0 Å². The molecule has 0 saturated carbocycles. The van der Waals surface area contributed by atoms with Crippen molar-refractivity contribution in [3.8, 4) is 17.2 Å². The summed E-state index contributed by atoms with van der Waals surface area (Å²) in [6.07, 6.45) is 0. The van der Waals surface area contributed by atoms with Gasteiger partial charge in [0.1, 0.15) is 17.2 Å². The second-order valence-corrected chi connectivity index (χ2v) is 9.20. The van der Waals surface area contributed by atoms with Crippen LogP contribution in [-0.4, -0.2) is 26.3 Å². The summed E-state index contributed by atoms with van der Waals surface area (Å²) in [7, 11) is 5.03. The second-order valence-electron chi connectivity index (χ2n) is 9.20. The molecule has 0 amide bonds. The molecule has 0 aliphatic heterocycles. The first kappa shape index (κ1) is 24.2. The van der Waals surface area contributed by atoms with Crippen LogP contribution in [0.25, 0.3) is 21.8 Å². The van der Waals surface area contributed by atoms with Crippen LogP contribution in [0.1, 0.15) is 0 Å². The summed E-state index contributed by atoms with van der Waals surface area (Å²) in [5.74, 6) is 2.47. The van der Waals surface area contributed by atoms with Gasteiger partial charge in [-0.15, -0.1) is 0 Å². The number of fused-ring (bicyclic) bond motifs is 3. The summed E-state index contributed by atoms with van der Waals surface area (Å²) >= 11 is 0. The van der Waals surface area contributed by atoms with Crippen LogP contribution in [0.5, 0.6) is 17.2 Å². The normalized spacial score (nSPS) is 10.9. The van der Waals surface area contributed by atoms with Crippen molar-refractivity contribution in [3.05, 3.63) is 109 Å². The molecule has 6 rings (SSSR count). The minimum absolute atomic E-state index is 0.817. The minimum Gasteiger partial charge on any atom is -0.497 e. The monoisotopic (exact) mass is 515 g/mol. The number of benzene rings is 5. The summed E-state index contributed by atoms with van der Waals surface area (Å²) in [6, 6.07) is 37.0. The summed E-state index contributed by atoms with van der Waals surface area (Å²) in [6.45, 7) is 0. The smallest absolute Gasteiger partial charge is 0.119 e. The number of methoxy groups -OCH3 is 3. The van der Waals surface area contributed by atoms with Gasteiger partial charge in [0.05, 0.1) is 21.3 Å². The fourth-order valence-electron chi connectivity index (χ4n) is 4.85. The molecule has 0 unspecified atom stereocenters. The van der Waals surface area contributed by atoms with Crippen molar-refractivity contribution in [3.63, 3.8) is 0 Å². The molecule has 0 saturated heterocycles. The van der Waals surface area contributed by atoms with Gasteiger partial charge in [0.15, 0.2) is 0 Å². The van der Waals surface area contributed by atoms with Crippen LogP contribution in [0.4, 0.5) is 28.4 Å². The van der Waals surface area contributed by atoms with E-state index in [9.17, 15) is 0 Å². The largest absolute Gasteiger partial charge is 0.497 e. The Balaban J connectivity index is 1.43. The first-order valence-electron chi connectivity index (χ1n) is 12.7. The molecule has 0 atom stereocenters. The maximum atomic E-state index is 5.40. The number of aromatic amines is 1. The highest BCUT2D eigenvalue weighted by atomic mass is 16.5. The summed E-state index contributed by atoms with van der Waals surface area (Å²) < 4.78 is 16.1. The molecule has 1 aromatic heterocycles. The van der Waals surface area contributed by atoms with E-state index >= 15 is 0 Å². The summed E-state index contributed by atoms with van der Waals surface area (Å²) in [5, 5.41) is 5.80. The van der Waals surface area contributed by atoms with Gasteiger partial charge in [-0.2, -0.15) is 0 Å². The highest BCUT2D eigenvalue weighted by Gasteiger charge is 2.15. The zero-order valence-electron chi connectivity index (χ0n) is 22.1. The number of ether oxygens (including phenoxy) is 3. The first-order valence-corrected chi connectivity index (χ1v) is 12.7. The standard InChI is InChI=1S/C33H29N3O3/c1-37-27-12-4-22(5-13-27)34-23-6-18-32-30(20-23)31-21-26(11-19-33(31)35-32)36(24-7-14-28(38-2)15-8-24)25-9-16-29(39-3)17-10-25/h4-21,34-35H,1-3H3.